The molecule has 1 aromatic rings. The van der Waals surface area contributed by atoms with Crippen LogP contribution in [-0.4, -0.2) is 37.5 Å². The summed E-state index contributed by atoms with van der Waals surface area (Å²) in [6.07, 6.45) is 0.228. The van der Waals surface area contributed by atoms with Crippen LogP contribution in [0.15, 0.2) is 30.3 Å². The smallest absolute Gasteiger partial charge is 0.308 e. The van der Waals surface area contributed by atoms with E-state index in [2.05, 4.69) is 0 Å². The van der Waals surface area contributed by atoms with E-state index in [0.29, 0.717) is 13.2 Å². The standard InChI is InChI=1S/C15H25ClNO3P/c1-5-19-21(18,20-6-2)12-17(4)13(3)15(16)14-10-8-7-9-11-14/h7-11,13,15H,5-6,12H2,1-4H3/t13-,15-/m0/s1. The highest BCUT2D eigenvalue weighted by Gasteiger charge is 2.30. The van der Waals surface area contributed by atoms with E-state index in [4.69, 9.17) is 20.6 Å². The summed E-state index contributed by atoms with van der Waals surface area (Å²) in [5, 5.41) is -0.187. The van der Waals surface area contributed by atoms with Crippen molar-refractivity contribution in [2.75, 3.05) is 26.5 Å². The molecule has 21 heavy (non-hydrogen) atoms. The van der Waals surface area contributed by atoms with Crippen LogP contribution in [0, 0.1) is 0 Å². The van der Waals surface area contributed by atoms with Crippen molar-refractivity contribution >= 4 is 19.2 Å². The molecule has 0 bridgehead atoms. The van der Waals surface area contributed by atoms with Gasteiger partial charge < -0.3 is 9.05 Å². The van der Waals surface area contributed by atoms with E-state index in [1.54, 1.807) is 0 Å². The van der Waals surface area contributed by atoms with Crippen molar-refractivity contribution in [3.05, 3.63) is 35.9 Å². The van der Waals surface area contributed by atoms with Gasteiger partial charge in [0.1, 0.15) is 6.29 Å². The van der Waals surface area contributed by atoms with Crippen molar-refractivity contribution < 1.29 is 13.6 Å². The van der Waals surface area contributed by atoms with Gasteiger partial charge in [-0.3, -0.25) is 9.46 Å². The molecule has 4 nitrogen and oxygen atoms in total. The number of likely N-dealkylation sites (N-methyl/N-ethyl adjacent to an activating group) is 1. The summed E-state index contributed by atoms with van der Waals surface area (Å²) < 4.78 is 23.2. The first-order valence-corrected chi connectivity index (χ1v) is 9.37. The highest BCUT2D eigenvalue weighted by Crippen LogP contribution is 2.49. The molecule has 0 radical (unpaired) electrons. The number of hydrogen-bond donors (Lipinski definition) is 0. The minimum Gasteiger partial charge on any atom is -0.308 e. The minimum absolute atomic E-state index is 0.00306. The van der Waals surface area contributed by atoms with Gasteiger partial charge >= 0.3 is 7.60 Å². The molecule has 0 unspecified atom stereocenters. The lowest BCUT2D eigenvalue weighted by Crippen LogP contribution is -2.33. The number of halogens is 1. The number of benzene rings is 1. The molecule has 0 heterocycles. The molecular formula is C15H25ClNO3P. The van der Waals surface area contributed by atoms with Gasteiger partial charge in [-0.25, -0.2) is 0 Å². The summed E-state index contributed by atoms with van der Waals surface area (Å²) in [5.41, 5.74) is 1.04. The van der Waals surface area contributed by atoms with Crippen LogP contribution >= 0.6 is 19.2 Å². The van der Waals surface area contributed by atoms with E-state index in [1.165, 1.54) is 0 Å². The zero-order valence-corrected chi connectivity index (χ0v) is 14.8. The first-order valence-electron chi connectivity index (χ1n) is 7.21. The average Bonchev–Trinajstić information content (AvgIpc) is 2.46. The SMILES string of the molecule is CCOP(=O)(CN(C)[C@@H](C)[C@H](Cl)c1ccccc1)OCC. The van der Waals surface area contributed by atoms with E-state index in [-0.39, 0.29) is 17.7 Å². The summed E-state index contributed by atoms with van der Waals surface area (Å²) in [4.78, 5) is 1.93. The molecule has 0 spiro atoms. The van der Waals surface area contributed by atoms with Gasteiger partial charge in [-0.2, -0.15) is 0 Å². The molecule has 0 aliphatic rings. The van der Waals surface area contributed by atoms with Gasteiger partial charge in [0.2, 0.25) is 0 Å². The third kappa shape index (κ3) is 5.72. The topological polar surface area (TPSA) is 38.8 Å². The number of alkyl halides is 1. The second-order valence-electron chi connectivity index (χ2n) is 4.90. The van der Waals surface area contributed by atoms with Crippen molar-refractivity contribution in [3.8, 4) is 0 Å². The summed E-state index contributed by atoms with van der Waals surface area (Å²) in [5.74, 6) is 0. The Balaban J connectivity index is 2.73. The lowest BCUT2D eigenvalue weighted by Gasteiger charge is -2.31. The molecule has 0 saturated carbocycles. The molecule has 1 rings (SSSR count). The van der Waals surface area contributed by atoms with E-state index >= 15 is 0 Å². The first kappa shape index (κ1) is 18.7. The highest BCUT2D eigenvalue weighted by atomic mass is 35.5. The van der Waals surface area contributed by atoms with E-state index < -0.39 is 7.60 Å². The van der Waals surface area contributed by atoms with Crippen molar-refractivity contribution in [1.29, 1.82) is 0 Å². The van der Waals surface area contributed by atoms with Crippen molar-refractivity contribution in [3.63, 3.8) is 0 Å². The lowest BCUT2D eigenvalue weighted by molar-refractivity contribution is 0.191. The maximum absolute atomic E-state index is 12.6. The molecule has 2 atom stereocenters. The zero-order valence-electron chi connectivity index (χ0n) is 13.2. The molecule has 120 valence electrons. The van der Waals surface area contributed by atoms with Crippen LogP contribution in [0.2, 0.25) is 0 Å². The van der Waals surface area contributed by atoms with Crippen molar-refractivity contribution in [2.45, 2.75) is 32.2 Å². The second-order valence-corrected chi connectivity index (χ2v) is 7.39. The maximum Gasteiger partial charge on any atom is 0.344 e. The Morgan fingerprint density at radius 1 is 1.19 bits per heavy atom. The van der Waals surface area contributed by atoms with Crippen molar-refractivity contribution in [1.82, 2.24) is 4.90 Å². The molecule has 0 aromatic heterocycles. The molecule has 0 aliphatic heterocycles. The summed E-state index contributed by atoms with van der Waals surface area (Å²) in [7, 11) is -1.21. The minimum atomic E-state index is -3.09. The Bertz CT molecular complexity index is 447. The fourth-order valence-electron chi connectivity index (χ4n) is 2.05. The lowest BCUT2D eigenvalue weighted by atomic mass is 10.1. The van der Waals surface area contributed by atoms with Crippen LogP contribution in [-0.2, 0) is 13.6 Å². The largest absolute Gasteiger partial charge is 0.344 e. The molecular weight excluding hydrogens is 309 g/mol. The summed E-state index contributed by atoms with van der Waals surface area (Å²) in [6.45, 7) is 6.35. The van der Waals surface area contributed by atoms with Gasteiger partial charge in [0.05, 0.1) is 18.6 Å². The predicted octanol–water partition coefficient (Wildman–Crippen LogP) is 4.51. The third-order valence-electron chi connectivity index (χ3n) is 3.28. The summed E-state index contributed by atoms with van der Waals surface area (Å²) in [6, 6.07) is 9.87. The Hall–Kier alpha value is -0.380. The van der Waals surface area contributed by atoms with Crippen LogP contribution in [0.3, 0.4) is 0 Å². The summed E-state index contributed by atoms with van der Waals surface area (Å²) >= 11 is 6.52. The maximum atomic E-state index is 12.6. The molecule has 0 saturated heterocycles. The van der Waals surface area contributed by atoms with Gasteiger partial charge in [0.15, 0.2) is 0 Å². The van der Waals surface area contributed by atoms with Crippen molar-refractivity contribution in [2.24, 2.45) is 0 Å². The Morgan fingerprint density at radius 2 is 1.71 bits per heavy atom. The molecule has 0 amide bonds. The van der Waals surface area contributed by atoms with Gasteiger partial charge in [-0.15, -0.1) is 11.6 Å². The monoisotopic (exact) mass is 333 g/mol. The van der Waals surface area contributed by atoms with Gasteiger partial charge in [0.25, 0.3) is 0 Å². The second kappa shape index (κ2) is 8.92. The number of hydrogen-bond acceptors (Lipinski definition) is 4. The molecule has 0 aliphatic carbocycles. The predicted molar refractivity (Wildman–Crippen MR) is 88.0 cm³/mol. The van der Waals surface area contributed by atoms with Crippen LogP contribution < -0.4 is 0 Å². The van der Waals surface area contributed by atoms with E-state index in [9.17, 15) is 4.57 Å². The van der Waals surface area contributed by atoms with Gasteiger partial charge in [-0.05, 0) is 33.4 Å². The van der Waals surface area contributed by atoms with Gasteiger partial charge in [0, 0.05) is 6.04 Å². The third-order valence-corrected chi connectivity index (χ3v) is 6.00. The Labute approximate surface area is 132 Å². The quantitative estimate of drug-likeness (QED) is 0.492. The Morgan fingerprint density at radius 3 is 2.19 bits per heavy atom. The fraction of sp³-hybridized carbons (Fsp3) is 0.600. The van der Waals surface area contributed by atoms with Crippen LogP contribution in [0.5, 0.6) is 0 Å². The highest BCUT2D eigenvalue weighted by molar-refractivity contribution is 7.53. The van der Waals surface area contributed by atoms with Crippen LogP contribution in [0.1, 0.15) is 31.7 Å². The molecule has 1 aromatic carbocycles. The average molecular weight is 334 g/mol. The van der Waals surface area contributed by atoms with Crippen LogP contribution in [0.4, 0.5) is 0 Å². The number of rotatable bonds is 9. The normalized spacial score (nSPS) is 15.1. The zero-order chi connectivity index (χ0) is 15.9. The molecule has 0 N–H and O–H groups in total. The molecule has 0 fully saturated rings. The van der Waals surface area contributed by atoms with Gasteiger partial charge in [-0.1, -0.05) is 30.3 Å². The molecule has 6 heteroatoms. The first-order chi connectivity index (χ1) is 9.93. The van der Waals surface area contributed by atoms with E-state index in [0.717, 1.165) is 5.56 Å². The van der Waals surface area contributed by atoms with E-state index in [1.807, 2.05) is 63.1 Å². The number of nitrogens with zero attached hydrogens (tertiary/aromatic N) is 1. The van der Waals surface area contributed by atoms with Crippen LogP contribution in [0.25, 0.3) is 0 Å². The fourth-order valence-corrected chi connectivity index (χ4v) is 4.22. The Kier molecular flexibility index (Phi) is 7.93.